The largest absolute Gasteiger partial charge is 0.481 e. The lowest BCUT2D eigenvalue weighted by Gasteiger charge is -2.29. The SMILES string of the molecule is CCC(OC1CCCC(C)C1)C(=O)Nc1ccc(C(C)C(=O)O)cc1. The zero-order valence-corrected chi connectivity index (χ0v) is 15.3. The zero-order chi connectivity index (χ0) is 18.4. The Morgan fingerprint density at radius 1 is 1.28 bits per heavy atom. The van der Waals surface area contributed by atoms with Gasteiger partial charge in [0.15, 0.2) is 0 Å². The number of ether oxygens (including phenoxy) is 1. The molecule has 4 unspecified atom stereocenters. The number of aliphatic carboxylic acids is 1. The summed E-state index contributed by atoms with van der Waals surface area (Å²) in [5, 5.41) is 11.9. The van der Waals surface area contributed by atoms with Crippen LogP contribution in [0.25, 0.3) is 0 Å². The summed E-state index contributed by atoms with van der Waals surface area (Å²) in [5.74, 6) is -0.912. The summed E-state index contributed by atoms with van der Waals surface area (Å²) in [6.07, 6.45) is 4.79. The maximum absolute atomic E-state index is 12.5. The molecule has 1 aromatic rings. The number of hydrogen-bond donors (Lipinski definition) is 2. The third kappa shape index (κ3) is 5.56. The van der Waals surface area contributed by atoms with Gasteiger partial charge in [0.2, 0.25) is 0 Å². The molecule has 5 nitrogen and oxygen atoms in total. The molecule has 138 valence electrons. The molecule has 0 radical (unpaired) electrons. The fraction of sp³-hybridized carbons (Fsp3) is 0.600. The summed E-state index contributed by atoms with van der Waals surface area (Å²) in [4.78, 5) is 23.5. The second-order valence-electron chi connectivity index (χ2n) is 7.10. The van der Waals surface area contributed by atoms with Crippen molar-refractivity contribution in [3.05, 3.63) is 29.8 Å². The van der Waals surface area contributed by atoms with Crippen LogP contribution in [0.1, 0.15) is 64.4 Å². The Bertz CT molecular complexity index is 584. The molecule has 0 bridgehead atoms. The molecule has 1 saturated carbocycles. The van der Waals surface area contributed by atoms with Gasteiger partial charge in [-0.05, 0) is 49.8 Å². The van der Waals surface area contributed by atoms with Crippen LogP contribution >= 0.6 is 0 Å². The quantitative estimate of drug-likeness (QED) is 0.775. The van der Waals surface area contributed by atoms with E-state index in [4.69, 9.17) is 9.84 Å². The number of anilines is 1. The van der Waals surface area contributed by atoms with Crippen molar-refractivity contribution in [1.29, 1.82) is 0 Å². The van der Waals surface area contributed by atoms with Crippen LogP contribution in [-0.4, -0.2) is 29.2 Å². The smallest absolute Gasteiger partial charge is 0.310 e. The van der Waals surface area contributed by atoms with Gasteiger partial charge < -0.3 is 15.2 Å². The van der Waals surface area contributed by atoms with Gasteiger partial charge >= 0.3 is 5.97 Å². The molecule has 0 aromatic heterocycles. The minimum Gasteiger partial charge on any atom is -0.481 e. The Balaban J connectivity index is 1.93. The van der Waals surface area contributed by atoms with Gasteiger partial charge in [0.05, 0.1) is 12.0 Å². The van der Waals surface area contributed by atoms with Crippen molar-refractivity contribution < 1.29 is 19.4 Å². The minimum absolute atomic E-state index is 0.139. The van der Waals surface area contributed by atoms with Gasteiger partial charge in [0, 0.05) is 5.69 Å². The van der Waals surface area contributed by atoms with Gasteiger partial charge in [-0.25, -0.2) is 0 Å². The Labute approximate surface area is 149 Å². The third-order valence-electron chi connectivity index (χ3n) is 4.96. The fourth-order valence-corrected chi connectivity index (χ4v) is 3.30. The number of nitrogens with one attached hydrogen (secondary N) is 1. The van der Waals surface area contributed by atoms with Crippen LogP contribution in [0, 0.1) is 5.92 Å². The van der Waals surface area contributed by atoms with Gasteiger partial charge in [-0.15, -0.1) is 0 Å². The van der Waals surface area contributed by atoms with Crippen molar-refractivity contribution >= 4 is 17.6 Å². The molecule has 1 amide bonds. The lowest BCUT2D eigenvalue weighted by atomic mass is 9.88. The zero-order valence-electron chi connectivity index (χ0n) is 15.3. The molecule has 1 aliphatic rings. The molecule has 0 aliphatic heterocycles. The number of rotatable bonds is 7. The molecule has 1 aliphatic carbocycles. The minimum atomic E-state index is -0.863. The van der Waals surface area contributed by atoms with E-state index in [0.717, 1.165) is 19.3 Å². The first-order chi connectivity index (χ1) is 11.9. The normalized spacial score (nSPS) is 22.8. The molecule has 2 rings (SSSR count). The highest BCUT2D eigenvalue weighted by Crippen LogP contribution is 2.27. The molecule has 0 heterocycles. The Morgan fingerprint density at radius 2 is 1.96 bits per heavy atom. The van der Waals surface area contributed by atoms with Gasteiger partial charge in [-0.2, -0.15) is 0 Å². The second-order valence-corrected chi connectivity index (χ2v) is 7.10. The molecule has 4 atom stereocenters. The first-order valence-electron chi connectivity index (χ1n) is 9.19. The number of carboxylic acid groups (broad SMARTS) is 1. The predicted molar refractivity (Wildman–Crippen MR) is 97.7 cm³/mol. The highest BCUT2D eigenvalue weighted by molar-refractivity contribution is 5.94. The van der Waals surface area contributed by atoms with Crippen molar-refractivity contribution in [3.8, 4) is 0 Å². The maximum atomic E-state index is 12.5. The first kappa shape index (κ1) is 19.4. The van der Waals surface area contributed by atoms with Gasteiger partial charge in [-0.1, -0.05) is 38.8 Å². The van der Waals surface area contributed by atoms with Crippen LogP contribution in [0.15, 0.2) is 24.3 Å². The number of benzene rings is 1. The average Bonchev–Trinajstić information content (AvgIpc) is 2.59. The lowest BCUT2D eigenvalue weighted by molar-refractivity contribution is -0.138. The summed E-state index contributed by atoms with van der Waals surface area (Å²) in [6.45, 7) is 5.83. The van der Waals surface area contributed by atoms with E-state index >= 15 is 0 Å². The highest BCUT2D eigenvalue weighted by Gasteiger charge is 2.26. The van der Waals surface area contributed by atoms with Crippen LogP contribution in [0.2, 0.25) is 0 Å². The van der Waals surface area contributed by atoms with Gasteiger partial charge in [0.25, 0.3) is 5.91 Å². The second kappa shape index (κ2) is 8.99. The molecular weight excluding hydrogens is 318 g/mol. The van der Waals surface area contributed by atoms with Crippen LogP contribution in [0.4, 0.5) is 5.69 Å². The maximum Gasteiger partial charge on any atom is 0.310 e. The first-order valence-corrected chi connectivity index (χ1v) is 9.19. The van der Waals surface area contributed by atoms with Crippen molar-refractivity contribution in [2.45, 2.75) is 71.0 Å². The van der Waals surface area contributed by atoms with E-state index in [1.807, 2.05) is 6.92 Å². The molecule has 2 N–H and O–H groups in total. The van der Waals surface area contributed by atoms with E-state index in [-0.39, 0.29) is 12.0 Å². The molecule has 5 heteroatoms. The van der Waals surface area contributed by atoms with E-state index in [0.29, 0.717) is 23.6 Å². The van der Waals surface area contributed by atoms with Crippen LogP contribution in [0.3, 0.4) is 0 Å². The van der Waals surface area contributed by atoms with Crippen molar-refractivity contribution in [3.63, 3.8) is 0 Å². The number of carbonyl (C=O) groups excluding carboxylic acids is 1. The number of amides is 1. The van der Waals surface area contributed by atoms with E-state index in [9.17, 15) is 9.59 Å². The number of carboxylic acids is 1. The highest BCUT2D eigenvalue weighted by atomic mass is 16.5. The molecule has 1 fully saturated rings. The topological polar surface area (TPSA) is 75.6 Å². The number of carbonyl (C=O) groups is 2. The summed E-state index contributed by atoms with van der Waals surface area (Å²) in [5.41, 5.74) is 1.37. The summed E-state index contributed by atoms with van der Waals surface area (Å²) >= 11 is 0. The summed E-state index contributed by atoms with van der Waals surface area (Å²) in [6, 6.07) is 6.95. The average molecular weight is 347 g/mol. The van der Waals surface area contributed by atoms with Crippen molar-refractivity contribution in [1.82, 2.24) is 0 Å². The number of hydrogen-bond acceptors (Lipinski definition) is 3. The van der Waals surface area contributed by atoms with Crippen LogP contribution < -0.4 is 5.32 Å². The molecular formula is C20H29NO4. The standard InChI is InChI=1S/C20H29NO4/c1-4-18(25-17-7-5-6-13(2)12-17)19(22)21-16-10-8-15(9-11-16)14(3)20(23)24/h8-11,13-14,17-18H,4-7,12H2,1-3H3,(H,21,22)(H,23,24). The molecule has 25 heavy (non-hydrogen) atoms. The predicted octanol–water partition coefficient (Wildman–Crippen LogP) is 4.19. The monoisotopic (exact) mass is 347 g/mol. The van der Waals surface area contributed by atoms with Crippen molar-refractivity contribution in [2.24, 2.45) is 5.92 Å². The third-order valence-corrected chi connectivity index (χ3v) is 4.96. The Kier molecular flexibility index (Phi) is 7.00. The van der Waals surface area contributed by atoms with Crippen LogP contribution in [-0.2, 0) is 14.3 Å². The lowest BCUT2D eigenvalue weighted by Crippen LogP contribution is -2.35. The summed E-state index contributed by atoms with van der Waals surface area (Å²) < 4.78 is 6.05. The summed E-state index contributed by atoms with van der Waals surface area (Å²) in [7, 11) is 0. The van der Waals surface area contributed by atoms with E-state index in [1.54, 1.807) is 31.2 Å². The molecule has 1 aromatic carbocycles. The fourth-order valence-electron chi connectivity index (χ4n) is 3.30. The Hall–Kier alpha value is -1.88. The van der Waals surface area contributed by atoms with Crippen LogP contribution in [0.5, 0.6) is 0 Å². The van der Waals surface area contributed by atoms with E-state index < -0.39 is 18.0 Å². The van der Waals surface area contributed by atoms with Gasteiger partial charge in [0.1, 0.15) is 6.10 Å². The van der Waals surface area contributed by atoms with E-state index in [2.05, 4.69) is 12.2 Å². The molecule has 0 saturated heterocycles. The van der Waals surface area contributed by atoms with E-state index in [1.165, 1.54) is 6.42 Å². The Morgan fingerprint density at radius 3 is 2.52 bits per heavy atom. The molecule has 0 spiro atoms. The van der Waals surface area contributed by atoms with Gasteiger partial charge in [-0.3, -0.25) is 9.59 Å². The van der Waals surface area contributed by atoms with Crippen molar-refractivity contribution in [2.75, 3.05) is 5.32 Å².